The lowest BCUT2D eigenvalue weighted by Crippen LogP contribution is -2.45. The second-order valence-corrected chi connectivity index (χ2v) is 5.85. The Kier molecular flexibility index (Phi) is 5.20. The Morgan fingerprint density at radius 3 is 2.62 bits per heavy atom. The van der Waals surface area contributed by atoms with E-state index < -0.39 is 0 Å². The van der Waals surface area contributed by atoms with Crippen molar-refractivity contribution >= 4 is 29.1 Å². The number of hydrogen-bond acceptors (Lipinski definition) is 3. The van der Waals surface area contributed by atoms with Crippen LogP contribution in [0.4, 0.5) is 5.69 Å². The molecule has 2 amide bonds. The van der Waals surface area contributed by atoms with E-state index in [1.54, 1.807) is 43.3 Å². The summed E-state index contributed by atoms with van der Waals surface area (Å²) in [6.45, 7) is 1.01. The smallest absolute Gasteiger partial charge is 0.239 e. The number of likely N-dealkylation sites (tertiary alicyclic amines) is 1. The zero-order chi connectivity index (χ0) is 15.4. The molecule has 1 fully saturated rings. The van der Waals surface area contributed by atoms with E-state index in [4.69, 9.17) is 11.6 Å². The highest BCUT2D eigenvalue weighted by Gasteiger charge is 2.32. The van der Waals surface area contributed by atoms with Gasteiger partial charge < -0.3 is 10.2 Å². The fourth-order valence-corrected chi connectivity index (χ4v) is 2.64. The Morgan fingerprint density at radius 2 is 2.00 bits per heavy atom. The number of halogens is 1. The molecule has 1 aromatic carbocycles. The topological polar surface area (TPSA) is 52.7 Å². The number of carbonyl (C=O) groups is 2. The van der Waals surface area contributed by atoms with Crippen LogP contribution in [0.1, 0.15) is 12.8 Å². The summed E-state index contributed by atoms with van der Waals surface area (Å²) in [5.41, 5.74) is 0.707. The van der Waals surface area contributed by atoms with Crippen molar-refractivity contribution < 1.29 is 9.59 Å². The van der Waals surface area contributed by atoms with Gasteiger partial charge in [0, 0.05) is 24.8 Å². The average molecular weight is 310 g/mol. The molecule has 114 valence electrons. The maximum atomic E-state index is 12.1. The molecule has 0 bridgehead atoms. The largest absolute Gasteiger partial charge is 0.347 e. The summed E-state index contributed by atoms with van der Waals surface area (Å²) in [7, 11) is 3.49. The van der Waals surface area contributed by atoms with Crippen LogP contribution in [0.2, 0.25) is 5.02 Å². The molecule has 6 heteroatoms. The number of benzene rings is 1. The summed E-state index contributed by atoms with van der Waals surface area (Å²) >= 11 is 5.81. The molecule has 1 atom stereocenters. The zero-order valence-electron chi connectivity index (χ0n) is 12.3. The Balaban J connectivity index is 1.92. The van der Waals surface area contributed by atoms with Crippen molar-refractivity contribution in [3.8, 4) is 0 Å². The number of carbonyl (C=O) groups excluding carboxylic acids is 2. The lowest BCUT2D eigenvalue weighted by atomic mass is 10.2. The second-order valence-electron chi connectivity index (χ2n) is 5.42. The molecule has 5 nitrogen and oxygen atoms in total. The molecule has 1 aromatic rings. The number of rotatable bonds is 4. The van der Waals surface area contributed by atoms with Crippen LogP contribution in [-0.4, -0.2) is 54.8 Å². The third-order valence-electron chi connectivity index (χ3n) is 3.56. The molecule has 0 saturated carbocycles. The van der Waals surface area contributed by atoms with E-state index in [-0.39, 0.29) is 24.4 Å². The first kappa shape index (κ1) is 15.8. The van der Waals surface area contributed by atoms with Crippen molar-refractivity contribution in [3.63, 3.8) is 0 Å². The van der Waals surface area contributed by atoms with E-state index in [1.807, 2.05) is 4.90 Å². The molecule has 0 unspecified atom stereocenters. The lowest BCUT2D eigenvalue weighted by Gasteiger charge is -2.25. The van der Waals surface area contributed by atoms with Crippen molar-refractivity contribution in [2.45, 2.75) is 18.9 Å². The molecular weight excluding hydrogens is 290 g/mol. The minimum atomic E-state index is -0.184. The average Bonchev–Trinajstić information content (AvgIpc) is 2.88. The van der Waals surface area contributed by atoms with E-state index in [0.29, 0.717) is 10.7 Å². The fraction of sp³-hybridized carbons (Fsp3) is 0.467. The number of likely N-dealkylation sites (N-methyl/N-ethyl adjacent to an activating group) is 1. The first-order chi connectivity index (χ1) is 9.97. The van der Waals surface area contributed by atoms with E-state index in [0.717, 1.165) is 19.4 Å². The highest BCUT2D eigenvalue weighted by Crippen LogP contribution is 2.19. The van der Waals surface area contributed by atoms with E-state index in [2.05, 4.69) is 5.32 Å². The van der Waals surface area contributed by atoms with E-state index >= 15 is 0 Å². The third-order valence-corrected chi connectivity index (χ3v) is 3.82. The molecule has 0 spiro atoms. The molecule has 0 aromatic heterocycles. The van der Waals surface area contributed by atoms with Gasteiger partial charge in [-0.3, -0.25) is 14.5 Å². The maximum absolute atomic E-state index is 12.1. The lowest BCUT2D eigenvalue weighted by molar-refractivity contribution is -0.133. The molecule has 1 saturated heterocycles. The summed E-state index contributed by atoms with van der Waals surface area (Å²) in [6, 6.07) is 6.78. The predicted molar refractivity (Wildman–Crippen MR) is 83.4 cm³/mol. The zero-order valence-corrected chi connectivity index (χ0v) is 13.1. The number of anilines is 1. The van der Waals surface area contributed by atoms with Crippen LogP contribution in [0, 0.1) is 0 Å². The van der Waals surface area contributed by atoms with Gasteiger partial charge in [-0.1, -0.05) is 11.6 Å². The Bertz CT molecular complexity index is 516. The van der Waals surface area contributed by atoms with Crippen LogP contribution in [-0.2, 0) is 9.59 Å². The van der Waals surface area contributed by atoms with Crippen LogP contribution in [0.15, 0.2) is 24.3 Å². The van der Waals surface area contributed by atoms with Crippen molar-refractivity contribution in [2.24, 2.45) is 0 Å². The Labute approximate surface area is 129 Å². The van der Waals surface area contributed by atoms with E-state index in [9.17, 15) is 9.59 Å². The summed E-state index contributed by atoms with van der Waals surface area (Å²) in [6.07, 6.45) is 1.75. The molecule has 0 radical (unpaired) electrons. The van der Waals surface area contributed by atoms with Gasteiger partial charge in [-0.05, 0) is 43.7 Å². The molecule has 1 heterocycles. The van der Waals surface area contributed by atoms with Gasteiger partial charge in [-0.25, -0.2) is 0 Å². The Morgan fingerprint density at radius 1 is 1.33 bits per heavy atom. The predicted octanol–water partition coefficient (Wildman–Crippen LogP) is 1.83. The Hall–Kier alpha value is -1.59. The van der Waals surface area contributed by atoms with Gasteiger partial charge in [-0.15, -0.1) is 0 Å². The van der Waals surface area contributed by atoms with Gasteiger partial charge in [0.1, 0.15) is 0 Å². The van der Waals surface area contributed by atoms with Gasteiger partial charge in [0.25, 0.3) is 0 Å². The summed E-state index contributed by atoms with van der Waals surface area (Å²) in [4.78, 5) is 27.7. The first-order valence-corrected chi connectivity index (χ1v) is 7.36. The summed E-state index contributed by atoms with van der Waals surface area (Å²) in [5, 5.41) is 3.45. The minimum absolute atomic E-state index is 0.0618. The van der Waals surface area contributed by atoms with Gasteiger partial charge in [-0.2, -0.15) is 0 Å². The standard InChI is InChI=1S/C15H20ClN3O2/c1-18(2)15(21)13-4-3-9-19(13)10-14(20)17-12-7-5-11(16)6-8-12/h5-8,13H,3-4,9-10H2,1-2H3,(H,17,20)/t13-/m1/s1. The van der Waals surface area contributed by atoms with Crippen molar-refractivity contribution in [3.05, 3.63) is 29.3 Å². The van der Waals surface area contributed by atoms with E-state index in [1.165, 1.54) is 0 Å². The molecule has 2 rings (SSSR count). The highest BCUT2D eigenvalue weighted by molar-refractivity contribution is 6.30. The minimum Gasteiger partial charge on any atom is -0.347 e. The van der Waals surface area contributed by atoms with Crippen LogP contribution >= 0.6 is 11.6 Å². The van der Waals surface area contributed by atoms with Crippen LogP contribution in [0.3, 0.4) is 0 Å². The van der Waals surface area contributed by atoms with Gasteiger partial charge >= 0.3 is 0 Å². The molecule has 21 heavy (non-hydrogen) atoms. The van der Waals surface area contributed by atoms with Crippen molar-refractivity contribution in [1.82, 2.24) is 9.80 Å². The van der Waals surface area contributed by atoms with Gasteiger partial charge in [0.15, 0.2) is 0 Å². The molecular formula is C15H20ClN3O2. The van der Waals surface area contributed by atoms with Gasteiger partial charge in [0.05, 0.1) is 12.6 Å². The normalized spacial score (nSPS) is 18.5. The third kappa shape index (κ3) is 4.19. The summed E-state index contributed by atoms with van der Waals surface area (Å²) < 4.78 is 0. The monoisotopic (exact) mass is 309 g/mol. The number of amides is 2. The summed E-state index contributed by atoms with van der Waals surface area (Å²) in [5.74, 6) is -0.0532. The van der Waals surface area contributed by atoms with Crippen molar-refractivity contribution in [2.75, 3.05) is 32.5 Å². The fourth-order valence-electron chi connectivity index (χ4n) is 2.51. The van der Waals surface area contributed by atoms with Crippen LogP contribution in [0.5, 0.6) is 0 Å². The maximum Gasteiger partial charge on any atom is 0.239 e. The number of hydrogen-bond donors (Lipinski definition) is 1. The number of nitrogens with zero attached hydrogens (tertiary/aromatic N) is 2. The SMILES string of the molecule is CN(C)C(=O)[C@H]1CCCN1CC(=O)Nc1ccc(Cl)cc1. The second kappa shape index (κ2) is 6.91. The van der Waals surface area contributed by atoms with Gasteiger partial charge in [0.2, 0.25) is 11.8 Å². The first-order valence-electron chi connectivity index (χ1n) is 6.98. The van der Waals surface area contributed by atoms with Crippen molar-refractivity contribution in [1.29, 1.82) is 0 Å². The molecule has 1 aliphatic rings. The quantitative estimate of drug-likeness (QED) is 0.923. The molecule has 0 aliphatic carbocycles. The highest BCUT2D eigenvalue weighted by atomic mass is 35.5. The van der Waals surface area contributed by atoms with Crippen LogP contribution < -0.4 is 5.32 Å². The molecule has 1 N–H and O–H groups in total. The van der Waals surface area contributed by atoms with Crippen LogP contribution in [0.25, 0.3) is 0 Å². The number of nitrogens with one attached hydrogen (secondary N) is 1. The molecule has 1 aliphatic heterocycles.